The number of nitro groups is 1. The van der Waals surface area contributed by atoms with Crippen molar-refractivity contribution in [2.75, 3.05) is 13.2 Å². The van der Waals surface area contributed by atoms with Crippen molar-refractivity contribution >= 4 is 23.5 Å². The zero-order chi connectivity index (χ0) is 37.9. The van der Waals surface area contributed by atoms with Crippen LogP contribution < -0.4 is 14.2 Å². The molecule has 0 saturated heterocycles. The molecule has 8 heteroatoms. The van der Waals surface area contributed by atoms with Gasteiger partial charge in [-0.05, 0) is 73.0 Å². The van der Waals surface area contributed by atoms with Gasteiger partial charge >= 0.3 is 11.7 Å². The van der Waals surface area contributed by atoms with Gasteiger partial charge in [0.15, 0.2) is 5.78 Å². The summed E-state index contributed by atoms with van der Waals surface area (Å²) in [6, 6.07) is 17.7. The van der Waals surface area contributed by atoms with Crippen molar-refractivity contribution in [3.05, 3.63) is 99.6 Å². The van der Waals surface area contributed by atoms with Crippen molar-refractivity contribution in [2.45, 2.75) is 136 Å². The van der Waals surface area contributed by atoms with E-state index in [1.165, 1.54) is 115 Å². The molecule has 0 bridgehead atoms. The Morgan fingerprint density at radius 1 is 0.585 bits per heavy atom. The van der Waals surface area contributed by atoms with Gasteiger partial charge in [0.2, 0.25) is 5.75 Å². The van der Waals surface area contributed by atoms with Gasteiger partial charge in [0, 0.05) is 11.6 Å². The largest absolute Gasteiger partial charge is 0.494 e. The Balaban J connectivity index is 1.33. The Hall–Kier alpha value is -4.46. The van der Waals surface area contributed by atoms with Crippen molar-refractivity contribution in [2.24, 2.45) is 0 Å². The molecule has 0 N–H and O–H groups in total. The molecule has 0 unspecified atom stereocenters. The highest BCUT2D eigenvalue weighted by Crippen LogP contribution is 2.29. The lowest BCUT2D eigenvalue weighted by Crippen LogP contribution is -2.10. The summed E-state index contributed by atoms with van der Waals surface area (Å²) in [6.07, 6.45) is 27.5. The molecule has 3 aromatic rings. The topological polar surface area (TPSA) is 105 Å². The van der Waals surface area contributed by atoms with Crippen LogP contribution in [0.25, 0.3) is 6.08 Å². The molecule has 0 fully saturated rings. The van der Waals surface area contributed by atoms with Crippen molar-refractivity contribution < 1.29 is 28.7 Å². The number of esters is 1. The number of nitrogens with zero attached hydrogens (tertiary/aromatic N) is 1. The van der Waals surface area contributed by atoms with E-state index < -0.39 is 22.4 Å². The Bertz CT molecular complexity index is 1510. The van der Waals surface area contributed by atoms with Gasteiger partial charge in [-0.25, -0.2) is 4.79 Å². The van der Waals surface area contributed by atoms with Gasteiger partial charge in [0.1, 0.15) is 11.5 Å². The van der Waals surface area contributed by atoms with Crippen LogP contribution in [0.1, 0.15) is 162 Å². The Labute approximate surface area is 317 Å². The summed E-state index contributed by atoms with van der Waals surface area (Å²) in [5.74, 6) is 0.00781. The molecule has 288 valence electrons. The van der Waals surface area contributed by atoms with Gasteiger partial charge < -0.3 is 14.2 Å². The van der Waals surface area contributed by atoms with Crippen LogP contribution in [0.3, 0.4) is 0 Å². The van der Waals surface area contributed by atoms with E-state index in [0.29, 0.717) is 19.0 Å². The molecule has 0 heterocycles. The molecule has 0 amide bonds. The van der Waals surface area contributed by atoms with Gasteiger partial charge in [0.25, 0.3) is 0 Å². The Morgan fingerprint density at radius 3 is 1.53 bits per heavy atom. The quantitative estimate of drug-likeness (QED) is 0.0133. The summed E-state index contributed by atoms with van der Waals surface area (Å²) in [4.78, 5) is 36.7. The van der Waals surface area contributed by atoms with Gasteiger partial charge in [-0.2, -0.15) is 0 Å². The first-order chi connectivity index (χ1) is 25.9. The second-order valence-corrected chi connectivity index (χ2v) is 13.8. The number of nitro benzene ring substituents is 1. The maximum absolute atomic E-state index is 12.9. The molecular formula is C45H61NO7. The average molecular weight is 728 g/mol. The molecule has 0 saturated carbocycles. The number of unbranched alkanes of at least 4 members (excludes halogenated alkanes) is 17. The van der Waals surface area contributed by atoms with Crippen LogP contribution in [0.15, 0.2) is 72.8 Å². The van der Waals surface area contributed by atoms with Gasteiger partial charge in [0.05, 0.1) is 23.7 Å². The zero-order valence-corrected chi connectivity index (χ0v) is 32.2. The fraction of sp³-hybridized carbons (Fsp3) is 0.511. The lowest BCUT2D eigenvalue weighted by atomic mass is 10.0. The first-order valence-corrected chi connectivity index (χ1v) is 20.1. The third-order valence-electron chi connectivity index (χ3n) is 9.32. The number of benzene rings is 3. The maximum Gasteiger partial charge on any atom is 0.343 e. The van der Waals surface area contributed by atoms with Crippen molar-refractivity contribution in [3.8, 4) is 17.2 Å². The highest BCUT2D eigenvalue weighted by atomic mass is 16.6. The predicted molar refractivity (Wildman–Crippen MR) is 214 cm³/mol. The van der Waals surface area contributed by atoms with Crippen molar-refractivity contribution in [1.82, 2.24) is 0 Å². The van der Waals surface area contributed by atoms with E-state index in [0.717, 1.165) is 43.1 Å². The van der Waals surface area contributed by atoms with E-state index in [-0.39, 0.29) is 16.9 Å². The van der Waals surface area contributed by atoms with E-state index in [1.807, 2.05) is 24.3 Å². The molecule has 0 aliphatic carbocycles. The van der Waals surface area contributed by atoms with Crippen LogP contribution in [0.5, 0.6) is 17.2 Å². The second-order valence-electron chi connectivity index (χ2n) is 13.8. The Kier molecular flexibility index (Phi) is 21.3. The smallest absolute Gasteiger partial charge is 0.343 e. The van der Waals surface area contributed by atoms with E-state index in [1.54, 1.807) is 30.3 Å². The Morgan fingerprint density at radius 2 is 1.02 bits per heavy atom. The van der Waals surface area contributed by atoms with E-state index >= 15 is 0 Å². The summed E-state index contributed by atoms with van der Waals surface area (Å²) in [5, 5.41) is 11.8. The minimum absolute atomic E-state index is 0.107. The fourth-order valence-electron chi connectivity index (χ4n) is 6.07. The monoisotopic (exact) mass is 727 g/mol. The molecule has 0 aliphatic rings. The summed E-state index contributed by atoms with van der Waals surface area (Å²) >= 11 is 0. The minimum Gasteiger partial charge on any atom is -0.494 e. The number of carbonyl (C=O) groups is 2. The molecule has 0 spiro atoms. The molecule has 3 rings (SSSR count). The standard InChI is InChI=1S/C45H61NO7/c1-3-5-7-8-9-10-11-12-13-14-15-16-17-18-19-21-35-52-40-28-22-37(23-29-40)24-32-43(47)39-27-33-44(42(36-39)46(49)50)53-45(48)38-25-30-41(31-26-38)51-34-20-6-4-2/h22-33,36H,3-21,34-35H2,1-2H3/b32-24+. The lowest BCUT2D eigenvalue weighted by molar-refractivity contribution is -0.385. The molecule has 0 atom stereocenters. The number of ketones is 1. The molecule has 3 aromatic carbocycles. The number of allylic oxidation sites excluding steroid dienone is 1. The van der Waals surface area contributed by atoms with Crippen LogP contribution in [0.4, 0.5) is 5.69 Å². The molecule has 8 nitrogen and oxygen atoms in total. The van der Waals surface area contributed by atoms with Crippen LogP contribution in [0.2, 0.25) is 0 Å². The normalized spacial score (nSPS) is 11.1. The summed E-state index contributed by atoms with van der Waals surface area (Å²) in [7, 11) is 0. The molecule has 0 aromatic heterocycles. The second kappa shape index (κ2) is 26.3. The van der Waals surface area contributed by atoms with Crippen LogP contribution in [0, 0.1) is 10.1 Å². The zero-order valence-electron chi connectivity index (χ0n) is 32.2. The number of ether oxygens (including phenoxy) is 3. The minimum atomic E-state index is -0.748. The molecule has 53 heavy (non-hydrogen) atoms. The van der Waals surface area contributed by atoms with E-state index in [2.05, 4.69) is 13.8 Å². The fourth-order valence-corrected chi connectivity index (χ4v) is 6.07. The first-order valence-electron chi connectivity index (χ1n) is 20.1. The average Bonchev–Trinajstić information content (AvgIpc) is 3.17. The predicted octanol–water partition coefficient (Wildman–Crippen LogP) is 12.9. The lowest BCUT2D eigenvalue weighted by Gasteiger charge is -2.08. The van der Waals surface area contributed by atoms with Crippen LogP contribution in [-0.2, 0) is 0 Å². The van der Waals surface area contributed by atoms with Gasteiger partial charge in [-0.15, -0.1) is 0 Å². The number of carbonyl (C=O) groups excluding carboxylic acids is 2. The van der Waals surface area contributed by atoms with Crippen molar-refractivity contribution in [3.63, 3.8) is 0 Å². The molecular weight excluding hydrogens is 666 g/mol. The summed E-state index contributed by atoms with van der Waals surface area (Å²) < 4.78 is 16.9. The third-order valence-corrected chi connectivity index (χ3v) is 9.32. The highest BCUT2D eigenvalue weighted by molar-refractivity contribution is 6.07. The van der Waals surface area contributed by atoms with Crippen LogP contribution in [-0.4, -0.2) is 29.9 Å². The summed E-state index contributed by atoms with van der Waals surface area (Å²) in [6.45, 7) is 5.65. The maximum atomic E-state index is 12.9. The number of hydrogen-bond donors (Lipinski definition) is 0. The summed E-state index contributed by atoms with van der Waals surface area (Å²) in [5.41, 5.74) is 0.654. The third kappa shape index (κ3) is 17.7. The van der Waals surface area contributed by atoms with E-state index in [4.69, 9.17) is 14.2 Å². The highest BCUT2D eigenvalue weighted by Gasteiger charge is 2.21. The van der Waals surface area contributed by atoms with Gasteiger partial charge in [-0.3, -0.25) is 14.9 Å². The number of hydrogen-bond acceptors (Lipinski definition) is 7. The van der Waals surface area contributed by atoms with Crippen LogP contribution >= 0.6 is 0 Å². The SMILES string of the molecule is CCCCCCCCCCCCCCCCCCOc1ccc(/C=C/C(=O)c2ccc(OC(=O)c3ccc(OCCCCC)cc3)c([N+](=O)[O-])c2)cc1. The van der Waals surface area contributed by atoms with Gasteiger partial charge in [-0.1, -0.05) is 141 Å². The van der Waals surface area contributed by atoms with E-state index in [9.17, 15) is 19.7 Å². The first kappa shape index (κ1) is 42.9. The number of rotatable bonds is 29. The van der Waals surface area contributed by atoms with Crippen molar-refractivity contribution in [1.29, 1.82) is 0 Å². The molecule has 0 radical (unpaired) electrons. The molecule has 0 aliphatic heterocycles.